The Kier molecular flexibility index (Phi) is 4.19. The summed E-state index contributed by atoms with van der Waals surface area (Å²) in [7, 11) is 0. The van der Waals surface area contributed by atoms with Gasteiger partial charge < -0.3 is 9.47 Å². The summed E-state index contributed by atoms with van der Waals surface area (Å²) in [6.45, 7) is 5.45. The summed E-state index contributed by atoms with van der Waals surface area (Å²) >= 11 is 3.63. The second kappa shape index (κ2) is 6.21. The molecule has 0 radical (unpaired) electrons. The lowest BCUT2D eigenvalue weighted by Gasteiger charge is -2.26. The predicted octanol–water partition coefficient (Wildman–Crippen LogP) is 4.68. The molecular weight excluding hydrogens is 368 g/mol. The first-order valence-electron chi connectivity index (χ1n) is 8.82. The first-order valence-corrected chi connectivity index (χ1v) is 9.61. The van der Waals surface area contributed by atoms with Crippen LogP contribution in [0.1, 0.15) is 37.7 Å². The van der Waals surface area contributed by atoms with Crippen LogP contribution in [0.25, 0.3) is 0 Å². The molecule has 24 heavy (non-hydrogen) atoms. The lowest BCUT2D eigenvalue weighted by atomic mass is 9.75. The number of halogens is 1. The molecule has 0 amide bonds. The van der Waals surface area contributed by atoms with Gasteiger partial charge in [0.05, 0.1) is 23.1 Å². The number of carbonyl (C=O) groups is 1. The number of carbonyl (C=O) groups excluding carboxylic acids is 1. The average Bonchev–Trinajstić information content (AvgIpc) is 2.95. The lowest BCUT2D eigenvalue weighted by Crippen LogP contribution is -2.31. The van der Waals surface area contributed by atoms with E-state index in [0.29, 0.717) is 12.5 Å². The Labute approximate surface area is 151 Å². The number of cyclic esters (lactones) is 1. The second-order valence-corrected chi connectivity index (χ2v) is 8.49. The number of esters is 1. The summed E-state index contributed by atoms with van der Waals surface area (Å²) in [6.07, 6.45) is 6.29. The van der Waals surface area contributed by atoms with Crippen molar-refractivity contribution in [2.24, 2.45) is 17.3 Å². The molecule has 0 aromatic heterocycles. The molecule has 2 saturated carbocycles. The molecule has 4 heteroatoms. The summed E-state index contributed by atoms with van der Waals surface area (Å²) in [5.41, 5.74) is 1.93. The third-order valence-corrected chi connectivity index (χ3v) is 6.54. The molecule has 1 aromatic rings. The van der Waals surface area contributed by atoms with E-state index in [1.165, 1.54) is 24.8 Å². The Balaban J connectivity index is 1.49. The third kappa shape index (κ3) is 2.79. The van der Waals surface area contributed by atoms with Crippen molar-refractivity contribution in [3.8, 4) is 5.75 Å². The molecule has 1 saturated heterocycles. The molecule has 1 aliphatic heterocycles. The van der Waals surface area contributed by atoms with Crippen molar-refractivity contribution in [3.05, 3.63) is 40.4 Å². The minimum atomic E-state index is -0.398. The minimum Gasteiger partial charge on any atom is -0.492 e. The first kappa shape index (κ1) is 16.2. The Morgan fingerprint density at radius 3 is 2.92 bits per heavy atom. The zero-order valence-corrected chi connectivity index (χ0v) is 15.4. The van der Waals surface area contributed by atoms with Gasteiger partial charge in [0.15, 0.2) is 0 Å². The predicted molar refractivity (Wildman–Crippen MR) is 95.9 cm³/mol. The molecule has 1 heterocycles. The van der Waals surface area contributed by atoms with E-state index in [0.717, 1.165) is 41.7 Å². The maximum Gasteiger partial charge on any atom is 0.313 e. The molecule has 1 aromatic carbocycles. The molecule has 0 bridgehead atoms. The molecule has 2 unspecified atom stereocenters. The van der Waals surface area contributed by atoms with E-state index in [1.54, 1.807) is 0 Å². The van der Waals surface area contributed by atoms with Crippen molar-refractivity contribution in [2.75, 3.05) is 13.2 Å². The maximum absolute atomic E-state index is 12.4. The molecule has 128 valence electrons. The van der Waals surface area contributed by atoms with Crippen LogP contribution in [0.5, 0.6) is 5.75 Å². The standard InChI is InChI=1S/C20H23BrO3/c1-13-7-16-12-24-19(22)20(16,9-13)10-15-5-6-18(17(21)8-15)23-11-14-3-2-4-14/h5-6,8,14,16H,1-4,7,9-12H2. The van der Waals surface area contributed by atoms with Crippen LogP contribution < -0.4 is 4.74 Å². The molecule has 0 N–H and O–H groups in total. The Bertz CT molecular complexity index is 679. The van der Waals surface area contributed by atoms with Crippen LogP contribution >= 0.6 is 15.9 Å². The molecule has 2 aliphatic carbocycles. The molecule has 2 atom stereocenters. The Morgan fingerprint density at radius 2 is 2.21 bits per heavy atom. The minimum absolute atomic E-state index is 0.0485. The number of fused-ring (bicyclic) bond motifs is 1. The number of rotatable bonds is 5. The van der Waals surface area contributed by atoms with Gasteiger partial charge in [0.2, 0.25) is 0 Å². The summed E-state index contributed by atoms with van der Waals surface area (Å²) in [5.74, 6) is 1.84. The van der Waals surface area contributed by atoms with Crippen molar-refractivity contribution in [1.29, 1.82) is 0 Å². The van der Waals surface area contributed by atoms with Gasteiger partial charge in [-0.3, -0.25) is 4.79 Å². The topological polar surface area (TPSA) is 35.5 Å². The van der Waals surface area contributed by atoms with E-state index >= 15 is 0 Å². The van der Waals surface area contributed by atoms with Crippen molar-refractivity contribution in [2.45, 2.75) is 38.5 Å². The molecule has 3 fully saturated rings. The van der Waals surface area contributed by atoms with Gasteiger partial charge in [-0.05, 0) is 71.6 Å². The highest BCUT2D eigenvalue weighted by molar-refractivity contribution is 9.10. The highest BCUT2D eigenvalue weighted by atomic mass is 79.9. The van der Waals surface area contributed by atoms with Crippen molar-refractivity contribution >= 4 is 21.9 Å². The third-order valence-electron chi connectivity index (χ3n) is 5.92. The van der Waals surface area contributed by atoms with E-state index in [1.807, 2.05) is 6.07 Å². The van der Waals surface area contributed by atoms with Gasteiger partial charge in [0, 0.05) is 5.92 Å². The first-order chi connectivity index (χ1) is 11.6. The van der Waals surface area contributed by atoms with Crippen LogP contribution in [-0.2, 0) is 16.0 Å². The van der Waals surface area contributed by atoms with Crippen molar-refractivity contribution in [1.82, 2.24) is 0 Å². The van der Waals surface area contributed by atoms with E-state index in [2.05, 4.69) is 34.6 Å². The summed E-state index contributed by atoms with van der Waals surface area (Å²) < 4.78 is 12.3. The van der Waals surface area contributed by atoms with Crippen molar-refractivity contribution < 1.29 is 14.3 Å². The van der Waals surface area contributed by atoms with Gasteiger partial charge in [-0.2, -0.15) is 0 Å². The van der Waals surface area contributed by atoms with Gasteiger partial charge in [-0.1, -0.05) is 24.6 Å². The number of hydrogen-bond donors (Lipinski definition) is 0. The van der Waals surface area contributed by atoms with Crippen LogP contribution in [0.15, 0.2) is 34.8 Å². The molecule has 3 nitrogen and oxygen atoms in total. The van der Waals surface area contributed by atoms with Crippen LogP contribution in [0.2, 0.25) is 0 Å². The van der Waals surface area contributed by atoms with Gasteiger partial charge >= 0.3 is 5.97 Å². The Morgan fingerprint density at radius 1 is 1.38 bits per heavy atom. The molecule has 0 spiro atoms. The number of allylic oxidation sites excluding steroid dienone is 1. The largest absolute Gasteiger partial charge is 0.492 e. The maximum atomic E-state index is 12.4. The van der Waals surface area contributed by atoms with E-state index in [9.17, 15) is 4.79 Å². The van der Waals surface area contributed by atoms with Crippen molar-refractivity contribution in [3.63, 3.8) is 0 Å². The monoisotopic (exact) mass is 390 g/mol. The fourth-order valence-corrected chi connectivity index (χ4v) is 4.81. The van der Waals surface area contributed by atoms with E-state index in [-0.39, 0.29) is 11.9 Å². The molecule has 4 rings (SSSR count). The SMILES string of the molecule is C=C1CC2COC(=O)C2(Cc2ccc(OCC3CCC3)c(Br)c2)C1. The average molecular weight is 391 g/mol. The molecule has 3 aliphatic rings. The number of benzene rings is 1. The van der Waals surface area contributed by atoms with E-state index in [4.69, 9.17) is 9.47 Å². The molecular formula is C20H23BrO3. The highest BCUT2D eigenvalue weighted by Crippen LogP contribution is 2.52. The van der Waals surface area contributed by atoms with Crippen LogP contribution in [0.4, 0.5) is 0 Å². The van der Waals surface area contributed by atoms with Gasteiger partial charge in [-0.15, -0.1) is 0 Å². The Hall–Kier alpha value is -1.29. The van der Waals surface area contributed by atoms with Gasteiger partial charge in [0.1, 0.15) is 5.75 Å². The van der Waals surface area contributed by atoms with Crippen LogP contribution in [0.3, 0.4) is 0 Å². The lowest BCUT2D eigenvalue weighted by molar-refractivity contribution is -0.146. The zero-order chi connectivity index (χ0) is 16.7. The smallest absolute Gasteiger partial charge is 0.313 e. The summed E-state index contributed by atoms with van der Waals surface area (Å²) in [5, 5.41) is 0. The van der Waals surface area contributed by atoms with Crippen LogP contribution in [-0.4, -0.2) is 19.2 Å². The normalized spacial score (nSPS) is 29.3. The fraction of sp³-hybridized carbons (Fsp3) is 0.550. The summed E-state index contributed by atoms with van der Waals surface area (Å²) in [4.78, 5) is 12.4. The number of hydrogen-bond acceptors (Lipinski definition) is 3. The van der Waals surface area contributed by atoms with Gasteiger partial charge in [-0.25, -0.2) is 0 Å². The highest BCUT2D eigenvalue weighted by Gasteiger charge is 2.55. The zero-order valence-electron chi connectivity index (χ0n) is 13.9. The fourth-order valence-electron chi connectivity index (χ4n) is 4.27. The van der Waals surface area contributed by atoms with Crippen LogP contribution in [0, 0.1) is 17.3 Å². The quantitative estimate of drug-likeness (QED) is 0.540. The van der Waals surface area contributed by atoms with E-state index < -0.39 is 5.41 Å². The second-order valence-electron chi connectivity index (χ2n) is 7.63. The summed E-state index contributed by atoms with van der Waals surface area (Å²) in [6, 6.07) is 6.20. The number of ether oxygens (including phenoxy) is 2. The van der Waals surface area contributed by atoms with Gasteiger partial charge in [0.25, 0.3) is 0 Å².